The van der Waals surface area contributed by atoms with Crippen molar-refractivity contribution in [2.24, 2.45) is 11.7 Å². The summed E-state index contributed by atoms with van der Waals surface area (Å²) in [6.45, 7) is 6.67. The number of fused-ring (bicyclic) bond motifs is 1. The lowest BCUT2D eigenvalue weighted by atomic mass is 10.0. The number of nitrogens with two attached hydrogens (primary N) is 1. The minimum atomic E-state index is -1.39. The standard InChI is InChI=1S/C43H51FN8O10/c1-4-50-23-31(40(56)57)37(53)30-21-32(44)35(22-34(30)50)51-17-19-52(20-18-51)43(60)62-25-28-12-14-29(15-13-28)47-38(54)33(11-8-16-46-41(45)58)48-39(55)36(26(2)3)49-42(59)61-24-27-9-6-5-7-10-27/h5-7,9-10,12-15,21-23,26,33,36H,4,8,11,16-20,24-25H2,1-3H3,(H,47,54)(H,48,55)(H,49,59)(H,56,57)(H3,45,46,58)/t33-,36?/m0/s1. The second kappa shape index (κ2) is 21.4. The van der Waals surface area contributed by atoms with E-state index in [1.165, 1.54) is 17.2 Å². The van der Waals surface area contributed by atoms with E-state index < -0.39 is 64.9 Å². The normalized spacial score (nSPS) is 13.5. The van der Waals surface area contributed by atoms with Crippen LogP contribution in [0.4, 0.5) is 30.1 Å². The predicted octanol–water partition coefficient (Wildman–Crippen LogP) is 4.14. The third kappa shape index (κ3) is 12.2. The van der Waals surface area contributed by atoms with Crippen molar-refractivity contribution in [2.45, 2.75) is 65.5 Å². The molecule has 0 radical (unpaired) electrons. The maximum absolute atomic E-state index is 15.3. The Morgan fingerprint density at radius 2 is 1.53 bits per heavy atom. The second-order valence-electron chi connectivity index (χ2n) is 14.9. The molecule has 62 heavy (non-hydrogen) atoms. The van der Waals surface area contributed by atoms with Crippen LogP contribution in [0, 0.1) is 11.7 Å². The molecule has 18 nitrogen and oxygen atoms in total. The number of aryl methyl sites for hydroxylation is 1. The molecule has 7 N–H and O–H groups in total. The molecule has 1 unspecified atom stereocenters. The van der Waals surface area contributed by atoms with E-state index in [0.29, 0.717) is 29.7 Å². The zero-order valence-electron chi connectivity index (χ0n) is 34.6. The molecule has 1 aliphatic heterocycles. The first-order valence-electron chi connectivity index (χ1n) is 20.1. The van der Waals surface area contributed by atoms with Crippen molar-refractivity contribution < 1.29 is 47.7 Å². The van der Waals surface area contributed by atoms with E-state index in [1.807, 2.05) is 6.07 Å². The van der Waals surface area contributed by atoms with Gasteiger partial charge in [-0.1, -0.05) is 56.3 Å². The van der Waals surface area contributed by atoms with Gasteiger partial charge in [-0.25, -0.2) is 23.6 Å². The van der Waals surface area contributed by atoms with Crippen LogP contribution in [0.3, 0.4) is 0 Å². The van der Waals surface area contributed by atoms with Gasteiger partial charge in [-0.15, -0.1) is 0 Å². The number of alkyl carbamates (subject to hydrolysis) is 1. The number of aromatic nitrogens is 1. The number of nitrogens with zero attached hydrogens (tertiary/aromatic N) is 3. The molecule has 19 heteroatoms. The van der Waals surface area contributed by atoms with Crippen LogP contribution in [0.2, 0.25) is 0 Å². The number of amides is 6. The minimum Gasteiger partial charge on any atom is -0.477 e. The molecule has 1 saturated heterocycles. The van der Waals surface area contributed by atoms with E-state index in [2.05, 4.69) is 21.3 Å². The summed E-state index contributed by atoms with van der Waals surface area (Å²) >= 11 is 0. The molecule has 0 aliphatic carbocycles. The van der Waals surface area contributed by atoms with Crippen molar-refractivity contribution in [2.75, 3.05) is 42.9 Å². The van der Waals surface area contributed by atoms with Gasteiger partial charge in [0, 0.05) is 56.5 Å². The number of hydrogen-bond acceptors (Lipinski definition) is 10. The van der Waals surface area contributed by atoms with E-state index in [9.17, 15) is 38.7 Å². The lowest BCUT2D eigenvalue weighted by Gasteiger charge is -2.35. The van der Waals surface area contributed by atoms with Crippen molar-refractivity contribution >= 4 is 58.3 Å². The topological polar surface area (TPSA) is 244 Å². The van der Waals surface area contributed by atoms with Gasteiger partial charge in [-0.3, -0.25) is 14.4 Å². The number of ether oxygens (including phenoxy) is 2. The number of nitrogens with one attached hydrogen (secondary N) is 4. The van der Waals surface area contributed by atoms with Gasteiger partial charge in [-0.05, 0) is 61.1 Å². The molecule has 330 valence electrons. The quantitative estimate of drug-likeness (QED) is 0.0825. The number of rotatable bonds is 17. The van der Waals surface area contributed by atoms with Crippen LogP contribution in [0.15, 0.2) is 77.7 Å². The SMILES string of the molecule is CCn1cc(C(=O)O)c(=O)c2cc(F)c(N3CCN(C(=O)OCc4ccc(NC(=O)[C@H](CCCNC(N)=O)NC(=O)C(NC(=O)OCc5ccccc5)C(C)C)cc4)CC3)cc21. The largest absolute Gasteiger partial charge is 0.477 e. The molecule has 1 aromatic heterocycles. The van der Waals surface area contributed by atoms with Gasteiger partial charge in [0.15, 0.2) is 0 Å². The number of halogens is 1. The Hall–Kier alpha value is -7.18. The molecule has 6 amide bonds. The number of hydrogen-bond donors (Lipinski definition) is 6. The summed E-state index contributed by atoms with van der Waals surface area (Å²) in [5, 5.41) is 19.9. The lowest BCUT2D eigenvalue weighted by Crippen LogP contribution is -2.54. The monoisotopic (exact) mass is 858 g/mol. The first-order chi connectivity index (χ1) is 29.6. The molecular formula is C43H51FN8O10. The summed E-state index contributed by atoms with van der Waals surface area (Å²) in [7, 11) is 0. The van der Waals surface area contributed by atoms with Crippen molar-refractivity contribution in [3.8, 4) is 0 Å². The van der Waals surface area contributed by atoms with Crippen LogP contribution in [0.5, 0.6) is 0 Å². The van der Waals surface area contributed by atoms with Crippen molar-refractivity contribution in [1.29, 1.82) is 0 Å². The molecule has 5 rings (SSSR count). The van der Waals surface area contributed by atoms with E-state index in [0.717, 1.165) is 11.6 Å². The van der Waals surface area contributed by atoms with Gasteiger partial charge >= 0.3 is 24.2 Å². The summed E-state index contributed by atoms with van der Waals surface area (Å²) in [4.78, 5) is 91.3. The fourth-order valence-electron chi connectivity index (χ4n) is 6.81. The van der Waals surface area contributed by atoms with Gasteiger partial charge in [-0.2, -0.15) is 0 Å². The summed E-state index contributed by atoms with van der Waals surface area (Å²) in [5.41, 5.74) is 6.36. The molecule has 0 spiro atoms. The average Bonchev–Trinajstić information content (AvgIpc) is 3.25. The Balaban J connectivity index is 1.14. The van der Waals surface area contributed by atoms with E-state index in [-0.39, 0.29) is 69.3 Å². The first-order valence-corrected chi connectivity index (χ1v) is 20.1. The number of piperazine rings is 1. The molecule has 1 fully saturated rings. The van der Waals surface area contributed by atoms with E-state index in [4.69, 9.17) is 15.2 Å². The highest BCUT2D eigenvalue weighted by Gasteiger charge is 2.30. The number of carbonyl (C=O) groups excluding carboxylic acids is 5. The first kappa shape index (κ1) is 45.9. The highest BCUT2D eigenvalue weighted by atomic mass is 19.1. The average molecular weight is 859 g/mol. The summed E-state index contributed by atoms with van der Waals surface area (Å²) in [5.74, 6) is -3.61. The molecule has 2 atom stereocenters. The number of carboxylic acid groups (broad SMARTS) is 1. The highest BCUT2D eigenvalue weighted by Crippen LogP contribution is 2.27. The Kier molecular flexibility index (Phi) is 15.8. The van der Waals surface area contributed by atoms with Crippen molar-refractivity contribution in [1.82, 2.24) is 25.4 Å². The number of benzene rings is 3. The fourth-order valence-corrected chi connectivity index (χ4v) is 6.81. The van der Waals surface area contributed by atoms with Gasteiger partial charge in [0.25, 0.3) is 0 Å². The molecule has 4 aromatic rings. The maximum Gasteiger partial charge on any atom is 0.410 e. The lowest BCUT2D eigenvalue weighted by molar-refractivity contribution is -0.128. The predicted molar refractivity (Wildman–Crippen MR) is 227 cm³/mol. The van der Waals surface area contributed by atoms with Crippen LogP contribution in [0.25, 0.3) is 10.9 Å². The molecule has 1 aliphatic rings. The smallest absolute Gasteiger partial charge is 0.410 e. The van der Waals surface area contributed by atoms with Crippen molar-refractivity contribution in [3.63, 3.8) is 0 Å². The van der Waals surface area contributed by atoms with Crippen LogP contribution in [-0.2, 0) is 38.8 Å². The van der Waals surface area contributed by atoms with Gasteiger partial charge in [0.2, 0.25) is 17.2 Å². The van der Waals surface area contributed by atoms with Crippen molar-refractivity contribution in [3.05, 3.63) is 106 Å². The molecule has 3 aromatic carbocycles. The molecule has 0 saturated carbocycles. The summed E-state index contributed by atoms with van der Waals surface area (Å²) in [6.07, 6.45) is 0.282. The minimum absolute atomic E-state index is 0.000566. The maximum atomic E-state index is 15.3. The van der Waals surface area contributed by atoms with Crippen LogP contribution in [-0.4, -0.2) is 95.4 Å². The number of carbonyl (C=O) groups is 6. The number of anilines is 2. The molecular weight excluding hydrogens is 808 g/mol. The summed E-state index contributed by atoms with van der Waals surface area (Å²) in [6, 6.07) is 15.3. The zero-order valence-corrected chi connectivity index (χ0v) is 34.6. The third-order valence-electron chi connectivity index (χ3n) is 10.2. The Morgan fingerprint density at radius 3 is 2.16 bits per heavy atom. The van der Waals surface area contributed by atoms with Crippen LogP contribution >= 0.6 is 0 Å². The van der Waals surface area contributed by atoms with Crippen LogP contribution in [0.1, 0.15) is 55.1 Å². The summed E-state index contributed by atoms with van der Waals surface area (Å²) < 4.78 is 27.7. The Labute approximate surface area is 356 Å². The number of carboxylic acids is 1. The van der Waals surface area contributed by atoms with E-state index >= 15 is 4.39 Å². The number of primary amides is 1. The zero-order chi connectivity index (χ0) is 44.9. The molecule has 2 heterocycles. The highest BCUT2D eigenvalue weighted by molar-refractivity contribution is 5.98. The second-order valence-corrected chi connectivity index (χ2v) is 14.9. The molecule has 0 bridgehead atoms. The Bertz CT molecular complexity index is 2320. The third-order valence-corrected chi connectivity index (χ3v) is 10.2. The van der Waals surface area contributed by atoms with Gasteiger partial charge in [0.1, 0.15) is 36.7 Å². The Morgan fingerprint density at radius 1 is 0.871 bits per heavy atom. The van der Waals surface area contributed by atoms with Gasteiger partial charge in [0.05, 0.1) is 11.2 Å². The van der Waals surface area contributed by atoms with Crippen LogP contribution < -0.4 is 37.3 Å². The van der Waals surface area contributed by atoms with Gasteiger partial charge < -0.3 is 55.9 Å². The number of aromatic carboxylic acids is 1. The van der Waals surface area contributed by atoms with E-state index in [1.54, 1.807) is 78.8 Å². The number of urea groups is 1. The fraction of sp³-hybridized carbons (Fsp3) is 0.372. The number of pyridine rings is 1.